The number of hydrogen-bond donors (Lipinski definition) is 0. The van der Waals surface area contributed by atoms with Crippen molar-refractivity contribution in [3.8, 4) is 10.6 Å². The molecule has 1 aromatic heterocycles. The number of amides is 1. The zero-order chi connectivity index (χ0) is 17.9. The van der Waals surface area contributed by atoms with E-state index in [9.17, 15) is 4.79 Å². The molecule has 138 valence electrons. The highest BCUT2D eigenvalue weighted by Gasteiger charge is 2.39. The van der Waals surface area contributed by atoms with Gasteiger partial charge in [-0.05, 0) is 32.2 Å². The summed E-state index contributed by atoms with van der Waals surface area (Å²) in [4.78, 5) is 23.0. The molecule has 0 saturated carbocycles. The number of carbonyl (C=O) groups excluding carboxylic acids is 1. The van der Waals surface area contributed by atoms with Gasteiger partial charge in [-0.15, -0.1) is 11.3 Å². The quantitative estimate of drug-likeness (QED) is 0.793. The maximum absolute atomic E-state index is 12.3. The molecule has 0 spiro atoms. The molecule has 5 heteroatoms. The Hall–Kier alpha value is -1.72. The van der Waals surface area contributed by atoms with E-state index in [4.69, 9.17) is 0 Å². The van der Waals surface area contributed by atoms with Gasteiger partial charge in [-0.1, -0.05) is 37.3 Å². The smallest absolute Gasteiger partial charge is 0.222 e. The summed E-state index contributed by atoms with van der Waals surface area (Å²) in [5, 5.41) is 1.10. The first-order valence-electron chi connectivity index (χ1n) is 9.80. The highest BCUT2D eigenvalue weighted by Crippen LogP contribution is 2.33. The average Bonchev–Trinajstić information content (AvgIpc) is 3.42. The van der Waals surface area contributed by atoms with E-state index in [0.717, 1.165) is 37.5 Å². The van der Waals surface area contributed by atoms with Crippen molar-refractivity contribution in [2.75, 3.05) is 13.1 Å². The van der Waals surface area contributed by atoms with E-state index in [2.05, 4.69) is 39.0 Å². The number of hydrogen-bond acceptors (Lipinski definition) is 4. The first-order chi connectivity index (χ1) is 12.8. The van der Waals surface area contributed by atoms with E-state index in [1.54, 1.807) is 11.3 Å². The lowest BCUT2D eigenvalue weighted by molar-refractivity contribution is -0.132. The summed E-state index contributed by atoms with van der Waals surface area (Å²) >= 11 is 1.80. The van der Waals surface area contributed by atoms with Gasteiger partial charge in [-0.25, -0.2) is 4.98 Å². The van der Waals surface area contributed by atoms with E-state index in [0.29, 0.717) is 24.4 Å². The molecule has 1 amide bonds. The number of aromatic nitrogens is 1. The van der Waals surface area contributed by atoms with Gasteiger partial charge < -0.3 is 4.90 Å². The van der Waals surface area contributed by atoms with Crippen molar-refractivity contribution >= 4 is 17.2 Å². The van der Waals surface area contributed by atoms with Gasteiger partial charge in [0.05, 0.1) is 0 Å². The number of thiazole rings is 1. The maximum Gasteiger partial charge on any atom is 0.222 e. The standard InChI is InChI=1S/C21H27N3OS/c1-2-20(25)24-13-7-11-19(24)18-10-6-12-23(18)15-17-14-22-21(26-17)16-8-4-3-5-9-16/h3-5,8-9,14,18-19H,2,6-7,10-13,15H2,1H3/t18-,19-/m0/s1. The minimum absolute atomic E-state index is 0.323. The number of nitrogens with zero attached hydrogens (tertiary/aromatic N) is 3. The van der Waals surface area contributed by atoms with Crippen molar-refractivity contribution in [1.29, 1.82) is 0 Å². The van der Waals surface area contributed by atoms with Crippen molar-refractivity contribution < 1.29 is 4.79 Å². The van der Waals surface area contributed by atoms with Gasteiger partial charge in [0, 0.05) is 48.2 Å². The van der Waals surface area contributed by atoms with Crippen LogP contribution in [0.5, 0.6) is 0 Å². The zero-order valence-electron chi connectivity index (χ0n) is 15.4. The molecular weight excluding hydrogens is 342 g/mol. The Morgan fingerprint density at radius 2 is 1.92 bits per heavy atom. The maximum atomic E-state index is 12.3. The molecule has 2 fully saturated rings. The Morgan fingerprint density at radius 1 is 1.15 bits per heavy atom. The van der Waals surface area contributed by atoms with Crippen LogP contribution >= 0.6 is 11.3 Å². The summed E-state index contributed by atoms with van der Waals surface area (Å²) in [7, 11) is 0. The summed E-state index contributed by atoms with van der Waals surface area (Å²) in [6, 6.07) is 11.3. The molecule has 0 radical (unpaired) electrons. The zero-order valence-corrected chi connectivity index (χ0v) is 16.3. The Bertz CT molecular complexity index is 745. The monoisotopic (exact) mass is 369 g/mol. The lowest BCUT2D eigenvalue weighted by atomic mass is 10.0. The minimum atomic E-state index is 0.323. The van der Waals surface area contributed by atoms with Crippen molar-refractivity contribution in [1.82, 2.24) is 14.8 Å². The Morgan fingerprint density at radius 3 is 2.73 bits per heavy atom. The molecule has 2 aromatic rings. The Labute approximate surface area is 159 Å². The van der Waals surface area contributed by atoms with Crippen LogP contribution in [0.3, 0.4) is 0 Å². The fourth-order valence-corrected chi connectivity index (χ4v) is 5.43. The molecule has 0 N–H and O–H groups in total. The largest absolute Gasteiger partial charge is 0.338 e. The SMILES string of the molecule is CCC(=O)N1CCC[C@H]1[C@@H]1CCCN1Cc1cnc(-c2ccccc2)s1. The van der Waals surface area contributed by atoms with Crippen molar-refractivity contribution in [3.63, 3.8) is 0 Å². The van der Waals surface area contributed by atoms with Crippen LogP contribution in [0.4, 0.5) is 0 Å². The lowest BCUT2D eigenvalue weighted by Gasteiger charge is -2.34. The molecule has 0 unspecified atom stereocenters. The molecular formula is C21H27N3OS. The lowest BCUT2D eigenvalue weighted by Crippen LogP contribution is -2.47. The molecule has 3 heterocycles. The third-order valence-electron chi connectivity index (χ3n) is 5.71. The highest BCUT2D eigenvalue weighted by molar-refractivity contribution is 7.15. The summed E-state index contributed by atoms with van der Waals surface area (Å²) in [6.07, 6.45) is 7.41. The van der Waals surface area contributed by atoms with Gasteiger partial charge >= 0.3 is 0 Å². The second-order valence-electron chi connectivity index (χ2n) is 7.33. The molecule has 2 aliphatic rings. The molecule has 4 nitrogen and oxygen atoms in total. The summed E-state index contributed by atoms with van der Waals surface area (Å²) in [6.45, 7) is 5.01. The second-order valence-corrected chi connectivity index (χ2v) is 8.44. The van der Waals surface area contributed by atoms with Crippen LogP contribution in [0.25, 0.3) is 10.6 Å². The van der Waals surface area contributed by atoms with Crippen LogP contribution < -0.4 is 0 Å². The summed E-state index contributed by atoms with van der Waals surface area (Å²) < 4.78 is 0. The molecule has 2 saturated heterocycles. The van der Waals surface area contributed by atoms with Gasteiger partial charge in [0.2, 0.25) is 5.91 Å². The molecule has 4 rings (SSSR count). The van der Waals surface area contributed by atoms with Gasteiger partial charge in [0.1, 0.15) is 5.01 Å². The number of benzene rings is 1. The van der Waals surface area contributed by atoms with Crippen LogP contribution in [0.15, 0.2) is 36.5 Å². The van der Waals surface area contributed by atoms with E-state index in [1.807, 2.05) is 19.2 Å². The Kier molecular flexibility index (Phi) is 5.36. The summed E-state index contributed by atoms with van der Waals surface area (Å²) in [5.41, 5.74) is 1.19. The van der Waals surface area contributed by atoms with Crippen LogP contribution in [0, 0.1) is 0 Å². The molecule has 1 aromatic carbocycles. The number of carbonyl (C=O) groups is 1. The van der Waals surface area contributed by atoms with Crippen molar-refractivity contribution in [2.45, 2.75) is 57.7 Å². The van der Waals surface area contributed by atoms with E-state index >= 15 is 0 Å². The normalized spacial score (nSPS) is 23.7. The van der Waals surface area contributed by atoms with Gasteiger partial charge in [0.25, 0.3) is 0 Å². The van der Waals surface area contributed by atoms with E-state index in [-0.39, 0.29) is 0 Å². The second kappa shape index (κ2) is 7.89. The highest BCUT2D eigenvalue weighted by atomic mass is 32.1. The van der Waals surface area contributed by atoms with Crippen molar-refractivity contribution in [2.24, 2.45) is 0 Å². The van der Waals surface area contributed by atoms with Gasteiger partial charge in [-0.2, -0.15) is 0 Å². The number of likely N-dealkylation sites (tertiary alicyclic amines) is 2. The van der Waals surface area contributed by atoms with Gasteiger partial charge in [0.15, 0.2) is 0 Å². The molecule has 0 aliphatic carbocycles. The first kappa shape index (κ1) is 17.7. The molecule has 26 heavy (non-hydrogen) atoms. The van der Waals surface area contributed by atoms with E-state index < -0.39 is 0 Å². The summed E-state index contributed by atoms with van der Waals surface area (Å²) in [5.74, 6) is 0.323. The van der Waals surface area contributed by atoms with Gasteiger partial charge in [-0.3, -0.25) is 9.69 Å². The third kappa shape index (κ3) is 3.55. The molecule has 2 atom stereocenters. The Balaban J connectivity index is 1.46. The fourth-order valence-electron chi connectivity index (χ4n) is 4.48. The van der Waals surface area contributed by atoms with Crippen LogP contribution in [-0.2, 0) is 11.3 Å². The molecule has 0 bridgehead atoms. The van der Waals surface area contributed by atoms with E-state index in [1.165, 1.54) is 23.3 Å². The predicted molar refractivity (Wildman–Crippen MR) is 106 cm³/mol. The number of rotatable bonds is 5. The van der Waals surface area contributed by atoms with Crippen LogP contribution in [0.1, 0.15) is 43.9 Å². The average molecular weight is 370 g/mol. The molecule has 2 aliphatic heterocycles. The van der Waals surface area contributed by atoms with Crippen molar-refractivity contribution in [3.05, 3.63) is 41.4 Å². The fraction of sp³-hybridized carbons (Fsp3) is 0.524. The minimum Gasteiger partial charge on any atom is -0.338 e. The topological polar surface area (TPSA) is 36.4 Å². The first-order valence-corrected chi connectivity index (χ1v) is 10.6. The van der Waals surface area contributed by atoms with Crippen LogP contribution in [0.2, 0.25) is 0 Å². The van der Waals surface area contributed by atoms with Crippen LogP contribution in [-0.4, -0.2) is 45.9 Å². The third-order valence-corrected chi connectivity index (χ3v) is 6.74. The predicted octanol–water partition coefficient (Wildman–Crippen LogP) is 4.18.